The largest absolute Gasteiger partial charge is 0.490 e. The zero-order chi connectivity index (χ0) is 29.8. The molecule has 41 heavy (non-hydrogen) atoms. The third-order valence-electron chi connectivity index (χ3n) is 6.88. The molecule has 2 atom stereocenters. The van der Waals surface area contributed by atoms with Crippen molar-refractivity contribution < 1.29 is 36.9 Å². The number of alkyl halides is 3. The SMILES string of the molecule is CC(C)(C)OC(=O)NCC(O)(c1cc2c(c(-c3ccc(F)cc3)n1)OC[C@]2(C)c1nc2ccccc2[nH]1)C(F)(F)F. The monoisotopic (exact) mass is 572 g/mol. The number of amides is 1. The van der Waals surface area contributed by atoms with Gasteiger partial charge in [-0.25, -0.2) is 19.2 Å². The third kappa shape index (κ3) is 5.19. The second-order valence-corrected chi connectivity index (χ2v) is 11.2. The van der Waals surface area contributed by atoms with Gasteiger partial charge in [-0.15, -0.1) is 0 Å². The molecule has 2 aromatic carbocycles. The van der Waals surface area contributed by atoms with Crippen LogP contribution in [-0.2, 0) is 15.8 Å². The molecule has 8 nitrogen and oxygen atoms in total. The van der Waals surface area contributed by atoms with Crippen molar-refractivity contribution in [1.29, 1.82) is 0 Å². The Morgan fingerprint density at radius 2 is 1.80 bits per heavy atom. The lowest BCUT2D eigenvalue weighted by molar-refractivity contribution is -0.265. The minimum absolute atomic E-state index is 0.00207. The summed E-state index contributed by atoms with van der Waals surface area (Å²) in [4.78, 5) is 24.3. The van der Waals surface area contributed by atoms with E-state index in [1.807, 2.05) is 23.5 Å². The molecule has 1 unspecified atom stereocenters. The highest BCUT2D eigenvalue weighted by atomic mass is 19.4. The first-order valence-corrected chi connectivity index (χ1v) is 12.8. The fraction of sp³-hybridized carbons (Fsp3) is 0.345. The summed E-state index contributed by atoms with van der Waals surface area (Å²) in [5, 5.41) is 13.2. The molecule has 2 aromatic heterocycles. The van der Waals surface area contributed by atoms with Gasteiger partial charge < -0.3 is 24.9 Å². The van der Waals surface area contributed by atoms with Crippen LogP contribution in [0.1, 0.15) is 44.8 Å². The fourth-order valence-corrected chi connectivity index (χ4v) is 4.66. The van der Waals surface area contributed by atoms with Crippen molar-refractivity contribution in [1.82, 2.24) is 20.3 Å². The van der Waals surface area contributed by atoms with Crippen molar-refractivity contribution in [2.45, 2.75) is 50.5 Å². The van der Waals surface area contributed by atoms with Gasteiger partial charge in [-0.05, 0) is 70.2 Å². The molecule has 0 saturated heterocycles. The number of alkyl carbamates (subject to hydrolysis) is 1. The zero-order valence-corrected chi connectivity index (χ0v) is 22.7. The molecule has 216 valence electrons. The van der Waals surface area contributed by atoms with Crippen LogP contribution in [0, 0.1) is 5.82 Å². The Bertz CT molecular complexity index is 1580. The molecular formula is C29H28F4N4O4. The number of fused-ring (bicyclic) bond motifs is 2. The number of carbonyl (C=O) groups excluding carboxylic acids is 1. The summed E-state index contributed by atoms with van der Waals surface area (Å²) >= 11 is 0. The molecule has 5 rings (SSSR count). The van der Waals surface area contributed by atoms with E-state index in [1.54, 1.807) is 33.8 Å². The number of aromatic nitrogens is 3. The highest BCUT2D eigenvalue weighted by Gasteiger charge is 2.57. The summed E-state index contributed by atoms with van der Waals surface area (Å²) in [5.74, 6) is 0.0537. The third-order valence-corrected chi connectivity index (χ3v) is 6.88. The number of hydrogen-bond acceptors (Lipinski definition) is 6. The van der Waals surface area contributed by atoms with Gasteiger partial charge in [-0.2, -0.15) is 13.2 Å². The van der Waals surface area contributed by atoms with Gasteiger partial charge in [0.2, 0.25) is 5.60 Å². The zero-order valence-electron chi connectivity index (χ0n) is 22.7. The number of benzene rings is 2. The molecule has 0 spiro atoms. The molecule has 4 aromatic rings. The van der Waals surface area contributed by atoms with Crippen LogP contribution in [0.2, 0.25) is 0 Å². The van der Waals surface area contributed by atoms with E-state index in [1.165, 1.54) is 12.1 Å². The molecule has 1 amide bonds. The highest BCUT2D eigenvalue weighted by molar-refractivity contribution is 5.76. The Labute approximate surface area is 232 Å². The number of nitrogens with zero attached hydrogens (tertiary/aromatic N) is 2. The topological polar surface area (TPSA) is 109 Å². The fourth-order valence-electron chi connectivity index (χ4n) is 4.66. The lowest BCUT2D eigenvalue weighted by Crippen LogP contribution is -2.52. The predicted molar refractivity (Wildman–Crippen MR) is 142 cm³/mol. The van der Waals surface area contributed by atoms with Crippen LogP contribution in [-0.4, -0.2) is 51.1 Å². The van der Waals surface area contributed by atoms with Gasteiger partial charge in [0.05, 0.1) is 28.7 Å². The Balaban J connectivity index is 1.68. The van der Waals surface area contributed by atoms with Gasteiger partial charge in [-0.1, -0.05) is 12.1 Å². The average Bonchev–Trinajstić information content (AvgIpc) is 3.48. The van der Waals surface area contributed by atoms with Gasteiger partial charge in [0.15, 0.2) is 0 Å². The highest BCUT2D eigenvalue weighted by Crippen LogP contribution is 2.49. The summed E-state index contributed by atoms with van der Waals surface area (Å²) in [6, 6.07) is 13.4. The van der Waals surface area contributed by atoms with E-state index in [-0.39, 0.29) is 29.2 Å². The van der Waals surface area contributed by atoms with E-state index in [4.69, 9.17) is 9.47 Å². The van der Waals surface area contributed by atoms with Crippen LogP contribution in [0.25, 0.3) is 22.3 Å². The van der Waals surface area contributed by atoms with E-state index in [0.717, 1.165) is 23.7 Å². The Hall–Kier alpha value is -4.19. The summed E-state index contributed by atoms with van der Waals surface area (Å²) in [6.07, 6.45) is -6.41. The van der Waals surface area contributed by atoms with Crippen LogP contribution >= 0.6 is 0 Å². The summed E-state index contributed by atoms with van der Waals surface area (Å²) in [6.45, 7) is 5.14. The number of ether oxygens (including phenoxy) is 2. The maximum Gasteiger partial charge on any atom is 0.424 e. The van der Waals surface area contributed by atoms with Crippen LogP contribution in [0.3, 0.4) is 0 Å². The molecular weight excluding hydrogens is 544 g/mol. The van der Waals surface area contributed by atoms with Gasteiger partial charge in [0, 0.05) is 11.1 Å². The van der Waals surface area contributed by atoms with Crippen LogP contribution in [0.4, 0.5) is 22.4 Å². The van der Waals surface area contributed by atoms with E-state index < -0.39 is 46.9 Å². The number of aliphatic hydroxyl groups is 1. The van der Waals surface area contributed by atoms with Crippen molar-refractivity contribution in [3.05, 3.63) is 77.5 Å². The number of imidazole rings is 1. The molecule has 3 N–H and O–H groups in total. The van der Waals surface area contributed by atoms with Gasteiger partial charge in [0.1, 0.15) is 35.3 Å². The van der Waals surface area contributed by atoms with Crippen LogP contribution in [0.15, 0.2) is 54.6 Å². The van der Waals surface area contributed by atoms with Gasteiger partial charge in [-0.3, -0.25) is 0 Å². The number of H-pyrrole nitrogens is 1. The van der Waals surface area contributed by atoms with Crippen molar-refractivity contribution in [3.8, 4) is 17.0 Å². The van der Waals surface area contributed by atoms with E-state index in [0.29, 0.717) is 11.3 Å². The first-order valence-electron chi connectivity index (χ1n) is 12.8. The molecule has 0 bridgehead atoms. The van der Waals surface area contributed by atoms with Crippen LogP contribution in [0.5, 0.6) is 5.75 Å². The van der Waals surface area contributed by atoms with Crippen LogP contribution < -0.4 is 10.1 Å². The maximum atomic E-state index is 14.6. The molecule has 0 radical (unpaired) electrons. The first-order chi connectivity index (χ1) is 19.1. The minimum atomic E-state index is -5.27. The Kier molecular flexibility index (Phi) is 6.72. The van der Waals surface area contributed by atoms with E-state index in [2.05, 4.69) is 15.0 Å². The van der Waals surface area contributed by atoms with Crippen molar-refractivity contribution in [2.24, 2.45) is 0 Å². The standard InChI is InChI=1S/C29H28F4N4O4/c1-26(2,3)41-25(38)34-14-28(39,29(31,32)33)21-13-18-23(22(37-21)16-9-11-17(30)12-10-16)40-15-27(18,4)24-35-19-7-5-6-8-20(19)36-24/h5-13,39H,14-15H2,1-4H3,(H,34,38)(H,35,36)/t27-,28?/m0/s1. The number of carbonyl (C=O) groups is 1. The number of hydrogen-bond donors (Lipinski definition) is 3. The lowest BCUT2D eigenvalue weighted by Gasteiger charge is -2.32. The van der Waals surface area contributed by atoms with E-state index >= 15 is 0 Å². The number of para-hydroxylation sites is 2. The molecule has 0 fully saturated rings. The van der Waals surface area contributed by atoms with Gasteiger partial charge in [0.25, 0.3) is 0 Å². The van der Waals surface area contributed by atoms with Crippen molar-refractivity contribution in [3.63, 3.8) is 0 Å². The normalized spacial score (nSPS) is 18.5. The lowest BCUT2D eigenvalue weighted by atomic mass is 9.81. The molecule has 0 saturated carbocycles. The second kappa shape index (κ2) is 9.72. The number of halogens is 4. The number of nitrogens with one attached hydrogen (secondary N) is 2. The number of pyridine rings is 1. The molecule has 12 heteroatoms. The Morgan fingerprint density at radius 1 is 1.12 bits per heavy atom. The molecule has 1 aliphatic rings. The first kappa shape index (κ1) is 28.3. The molecule has 1 aliphatic heterocycles. The summed E-state index contributed by atoms with van der Waals surface area (Å²) < 4.78 is 68.6. The second-order valence-electron chi connectivity index (χ2n) is 11.2. The number of rotatable bonds is 5. The summed E-state index contributed by atoms with van der Waals surface area (Å²) in [5.41, 5.74) is -4.57. The van der Waals surface area contributed by atoms with Gasteiger partial charge >= 0.3 is 12.3 Å². The molecule has 3 heterocycles. The molecule has 0 aliphatic carbocycles. The average molecular weight is 573 g/mol. The smallest absolute Gasteiger partial charge is 0.424 e. The quantitative estimate of drug-likeness (QED) is 0.263. The van der Waals surface area contributed by atoms with E-state index in [9.17, 15) is 27.5 Å². The Morgan fingerprint density at radius 3 is 2.44 bits per heavy atom. The van der Waals surface area contributed by atoms with Crippen molar-refractivity contribution >= 4 is 17.1 Å². The number of aromatic amines is 1. The predicted octanol–water partition coefficient (Wildman–Crippen LogP) is 5.74. The maximum absolute atomic E-state index is 14.6. The summed E-state index contributed by atoms with van der Waals surface area (Å²) in [7, 11) is 0. The van der Waals surface area contributed by atoms with Crippen molar-refractivity contribution in [2.75, 3.05) is 13.2 Å². The minimum Gasteiger partial charge on any atom is -0.490 e.